The summed E-state index contributed by atoms with van der Waals surface area (Å²) in [6.07, 6.45) is 11.5. The number of aliphatic carboxylic acids is 1. The van der Waals surface area contributed by atoms with E-state index in [1.54, 1.807) is 11.8 Å². The highest BCUT2D eigenvalue weighted by Gasteiger charge is 2.58. The Hall–Kier alpha value is -1.76. The van der Waals surface area contributed by atoms with Crippen molar-refractivity contribution >= 4 is 29.5 Å². The maximum atomic E-state index is 13.1. The van der Waals surface area contributed by atoms with Crippen molar-refractivity contribution in [2.24, 2.45) is 23.2 Å². The summed E-state index contributed by atoms with van der Waals surface area (Å²) in [7, 11) is 0. The fraction of sp³-hybridized carbons (Fsp3) is 0.731. The molecule has 0 aliphatic heterocycles. The van der Waals surface area contributed by atoms with E-state index in [-0.39, 0.29) is 18.0 Å². The van der Waals surface area contributed by atoms with E-state index in [0.29, 0.717) is 23.3 Å². The number of carboxylic acid groups (broad SMARTS) is 1. The third-order valence-electron chi connectivity index (χ3n) is 8.53. The molecule has 33 heavy (non-hydrogen) atoms. The van der Waals surface area contributed by atoms with Gasteiger partial charge in [0.2, 0.25) is 0 Å². The quantitative estimate of drug-likeness (QED) is 0.444. The molecule has 1 amide bonds. The van der Waals surface area contributed by atoms with Crippen LogP contribution in [0.25, 0.3) is 0 Å². The van der Waals surface area contributed by atoms with Crippen LogP contribution < -0.4 is 10.6 Å². The number of carboxylic acids is 1. The normalized spacial score (nSPS) is 33.1. The van der Waals surface area contributed by atoms with Crippen LogP contribution in [-0.2, 0) is 4.79 Å². The fourth-order valence-electron chi connectivity index (χ4n) is 7.21. The second-order valence-electron chi connectivity index (χ2n) is 10.9. The van der Waals surface area contributed by atoms with E-state index in [1.807, 2.05) is 12.1 Å². The summed E-state index contributed by atoms with van der Waals surface area (Å²) in [4.78, 5) is 30.0. The average Bonchev–Trinajstić information content (AvgIpc) is 2.80. The summed E-state index contributed by atoms with van der Waals surface area (Å²) < 4.78 is 0. The first kappa shape index (κ1) is 23.0. The van der Waals surface area contributed by atoms with Crippen LogP contribution in [-0.4, -0.2) is 39.8 Å². The van der Waals surface area contributed by atoms with Gasteiger partial charge in [-0.05, 0) is 87.0 Å². The number of thioether (sulfide) groups is 1. The fourth-order valence-corrected chi connectivity index (χ4v) is 8.08. The van der Waals surface area contributed by atoms with Crippen LogP contribution in [0.5, 0.6) is 0 Å². The van der Waals surface area contributed by atoms with E-state index in [0.717, 1.165) is 68.0 Å². The topological polar surface area (TPSA) is 91.3 Å². The lowest BCUT2D eigenvalue weighted by Gasteiger charge is -2.58. The lowest BCUT2D eigenvalue weighted by molar-refractivity contribution is -0.165. The molecule has 4 bridgehead atoms. The number of aromatic nitrogens is 1. The predicted octanol–water partition coefficient (Wildman–Crippen LogP) is 5.34. The lowest BCUT2D eigenvalue weighted by Crippen LogP contribution is -2.58. The highest BCUT2D eigenvalue weighted by Crippen LogP contribution is 2.60. The second kappa shape index (κ2) is 9.47. The number of amides is 1. The second-order valence-corrected chi connectivity index (χ2v) is 12.0. The Morgan fingerprint density at radius 1 is 1.12 bits per heavy atom. The van der Waals surface area contributed by atoms with E-state index in [1.165, 1.54) is 19.3 Å². The van der Waals surface area contributed by atoms with Gasteiger partial charge in [0.25, 0.3) is 5.91 Å². The molecule has 7 heteroatoms. The number of pyridine rings is 1. The number of rotatable bonds is 8. The zero-order valence-corrected chi connectivity index (χ0v) is 20.5. The van der Waals surface area contributed by atoms with E-state index in [9.17, 15) is 14.7 Å². The average molecular weight is 472 g/mol. The molecule has 1 aromatic heterocycles. The van der Waals surface area contributed by atoms with Crippen molar-refractivity contribution in [3.8, 4) is 0 Å². The zero-order chi connectivity index (χ0) is 23.0. The Bertz CT molecular complexity index is 885. The standard InChI is InChI=1S/C26H37N3O3S/c1-2-10-33-24-20(23(30)27-19-6-4-3-5-7-19)8-9-21(29-24)28-22-17-11-16-12-18(22)15-26(13-16,14-17)25(31)32/h8-9,16-19,22H,2-7,10-15H2,1H3,(H,27,30)(H,28,29)(H,31,32)/t16?,17-,18?,22?,26?/m1/s1. The minimum atomic E-state index is -0.593. The van der Waals surface area contributed by atoms with Crippen molar-refractivity contribution < 1.29 is 14.7 Å². The predicted molar refractivity (Wildman–Crippen MR) is 131 cm³/mol. The van der Waals surface area contributed by atoms with Crippen molar-refractivity contribution in [1.29, 1.82) is 0 Å². The van der Waals surface area contributed by atoms with Gasteiger partial charge < -0.3 is 15.7 Å². The number of anilines is 1. The molecule has 0 aromatic carbocycles. The molecule has 6 nitrogen and oxygen atoms in total. The SMILES string of the molecule is CCCSc1nc(NC2C3CC4C[C@@H]2CC(C(=O)O)(C4)C3)ccc1C(=O)NC1CCCCC1. The third kappa shape index (κ3) is 4.62. The molecule has 1 aromatic rings. The summed E-state index contributed by atoms with van der Waals surface area (Å²) in [5.41, 5.74) is 0.185. The molecular formula is C26H37N3O3S. The van der Waals surface area contributed by atoms with Gasteiger partial charge in [-0.15, -0.1) is 11.8 Å². The lowest BCUT2D eigenvalue weighted by atomic mass is 9.48. The minimum absolute atomic E-state index is 0.00224. The number of carbonyl (C=O) groups is 2. The first-order chi connectivity index (χ1) is 16.0. The van der Waals surface area contributed by atoms with Crippen LogP contribution >= 0.6 is 11.8 Å². The van der Waals surface area contributed by atoms with Crippen molar-refractivity contribution in [2.45, 2.75) is 94.7 Å². The van der Waals surface area contributed by atoms with Crippen LogP contribution in [0.15, 0.2) is 17.2 Å². The maximum absolute atomic E-state index is 13.1. The molecule has 4 unspecified atom stereocenters. The first-order valence-corrected chi connectivity index (χ1v) is 13.9. The van der Waals surface area contributed by atoms with E-state index in [2.05, 4.69) is 17.6 Å². The molecule has 0 saturated heterocycles. The largest absolute Gasteiger partial charge is 0.481 e. The number of nitrogens with zero attached hydrogens (tertiary/aromatic N) is 1. The number of nitrogens with one attached hydrogen (secondary N) is 2. The molecular weight excluding hydrogens is 434 g/mol. The maximum Gasteiger partial charge on any atom is 0.309 e. The van der Waals surface area contributed by atoms with Gasteiger partial charge in [0.05, 0.1) is 11.0 Å². The van der Waals surface area contributed by atoms with Gasteiger partial charge >= 0.3 is 5.97 Å². The Labute approximate surface area is 201 Å². The Kier molecular flexibility index (Phi) is 6.60. The van der Waals surface area contributed by atoms with E-state index < -0.39 is 11.4 Å². The molecule has 5 fully saturated rings. The monoisotopic (exact) mass is 471 g/mol. The summed E-state index contributed by atoms with van der Waals surface area (Å²) in [6, 6.07) is 4.44. The highest BCUT2D eigenvalue weighted by atomic mass is 32.2. The molecule has 5 aliphatic carbocycles. The summed E-state index contributed by atoms with van der Waals surface area (Å²) in [6.45, 7) is 2.14. The smallest absolute Gasteiger partial charge is 0.309 e. The van der Waals surface area contributed by atoms with Crippen LogP contribution in [0.4, 0.5) is 5.82 Å². The van der Waals surface area contributed by atoms with Gasteiger partial charge in [-0.25, -0.2) is 4.98 Å². The summed E-state index contributed by atoms with van der Waals surface area (Å²) >= 11 is 1.66. The van der Waals surface area contributed by atoms with Gasteiger partial charge in [0.1, 0.15) is 10.8 Å². The van der Waals surface area contributed by atoms with Crippen molar-refractivity contribution in [3.05, 3.63) is 17.7 Å². The molecule has 5 atom stereocenters. The number of hydrogen-bond acceptors (Lipinski definition) is 5. The summed E-state index contributed by atoms with van der Waals surface area (Å²) in [5.74, 6) is 2.52. The molecule has 1 heterocycles. The number of carbonyl (C=O) groups excluding carboxylic acids is 1. The van der Waals surface area contributed by atoms with Crippen molar-refractivity contribution in [3.63, 3.8) is 0 Å². The Balaban J connectivity index is 1.32. The van der Waals surface area contributed by atoms with Gasteiger partial charge in [-0.1, -0.05) is 26.2 Å². The van der Waals surface area contributed by atoms with E-state index in [4.69, 9.17) is 4.98 Å². The molecule has 5 saturated carbocycles. The number of hydrogen-bond donors (Lipinski definition) is 3. The molecule has 3 N–H and O–H groups in total. The molecule has 0 radical (unpaired) electrons. The Morgan fingerprint density at radius 3 is 2.52 bits per heavy atom. The van der Waals surface area contributed by atoms with Gasteiger partial charge in [0.15, 0.2) is 0 Å². The first-order valence-electron chi connectivity index (χ1n) is 12.9. The highest BCUT2D eigenvalue weighted by molar-refractivity contribution is 7.99. The van der Waals surface area contributed by atoms with E-state index >= 15 is 0 Å². The third-order valence-corrected chi connectivity index (χ3v) is 9.73. The summed E-state index contributed by atoms with van der Waals surface area (Å²) in [5, 5.41) is 17.6. The van der Waals surface area contributed by atoms with Crippen LogP contribution in [0, 0.1) is 23.2 Å². The van der Waals surface area contributed by atoms with Crippen molar-refractivity contribution in [2.75, 3.05) is 11.1 Å². The van der Waals surface area contributed by atoms with Crippen molar-refractivity contribution in [1.82, 2.24) is 10.3 Å². The molecule has 180 valence electrons. The Morgan fingerprint density at radius 2 is 1.85 bits per heavy atom. The van der Waals surface area contributed by atoms with Crippen LogP contribution in [0.3, 0.4) is 0 Å². The van der Waals surface area contributed by atoms with Gasteiger partial charge in [0, 0.05) is 12.1 Å². The van der Waals surface area contributed by atoms with Crippen LogP contribution in [0.2, 0.25) is 0 Å². The molecule has 5 aliphatic rings. The minimum Gasteiger partial charge on any atom is -0.481 e. The molecule has 0 spiro atoms. The van der Waals surface area contributed by atoms with Crippen LogP contribution in [0.1, 0.15) is 87.9 Å². The zero-order valence-electron chi connectivity index (χ0n) is 19.6. The van der Waals surface area contributed by atoms with Gasteiger partial charge in [-0.2, -0.15) is 0 Å². The van der Waals surface area contributed by atoms with Gasteiger partial charge in [-0.3, -0.25) is 9.59 Å². The molecule has 6 rings (SSSR count).